The van der Waals surface area contributed by atoms with E-state index in [0.717, 1.165) is 10.6 Å². The van der Waals surface area contributed by atoms with Crippen LogP contribution >= 0.6 is 22.9 Å². The molecule has 0 aliphatic heterocycles. The van der Waals surface area contributed by atoms with Gasteiger partial charge in [-0.05, 0) is 36.4 Å². The second-order valence-corrected chi connectivity index (χ2v) is 9.54. The minimum absolute atomic E-state index is 0.0103. The third-order valence-corrected chi connectivity index (χ3v) is 6.92. The van der Waals surface area contributed by atoms with Gasteiger partial charge in [0.25, 0.3) is 0 Å². The lowest BCUT2D eigenvalue weighted by Crippen LogP contribution is -2.26. The Balaban J connectivity index is 1.50. The van der Waals surface area contributed by atoms with Crippen molar-refractivity contribution in [3.8, 4) is 22.1 Å². The molecule has 0 saturated heterocycles. The zero-order valence-electron chi connectivity index (χ0n) is 17.3. The SMILES string of the molecule is COc1ccc(-c2nc(COC(=O)CCNS(=O)(=O)c3cccc(Cl)c3)cs2)cc1OC. The third kappa shape index (κ3) is 6.19. The second-order valence-electron chi connectivity index (χ2n) is 6.48. The molecule has 0 bridgehead atoms. The van der Waals surface area contributed by atoms with E-state index in [-0.39, 0.29) is 24.5 Å². The van der Waals surface area contributed by atoms with Crippen molar-refractivity contribution < 1.29 is 27.4 Å². The summed E-state index contributed by atoms with van der Waals surface area (Å²) in [4.78, 5) is 16.5. The molecule has 0 atom stereocenters. The number of ether oxygens (including phenoxy) is 3. The van der Waals surface area contributed by atoms with Crippen molar-refractivity contribution in [3.63, 3.8) is 0 Å². The Morgan fingerprint density at radius 2 is 1.91 bits per heavy atom. The van der Waals surface area contributed by atoms with Gasteiger partial charge in [-0.2, -0.15) is 0 Å². The van der Waals surface area contributed by atoms with Crippen molar-refractivity contribution >= 4 is 38.9 Å². The smallest absolute Gasteiger partial charge is 0.307 e. The van der Waals surface area contributed by atoms with E-state index in [1.54, 1.807) is 31.7 Å². The monoisotopic (exact) mass is 496 g/mol. The number of aromatic nitrogens is 1. The highest BCUT2D eigenvalue weighted by molar-refractivity contribution is 7.89. The van der Waals surface area contributed by atoms with Gasteiger partial charge in [0.15, 0.2) is 11.5 Å². The summed E-state index contributed by atoms with van der Waals surface area (Å²) in [6.07, 6.45) is -0.119. The van der Waals surface area contributed by atoms with Gasteiger partial charge in [-0.1, -0.05) is 17.7 Å². The topological polar surface area (TPSA) is 104 Å². The normalized spacial score (nSPS) is 11.2. The van der Waals surface area contributed by atoms with Crippen LogP contribution in [0.4, 0.5) is 0 Å². The summed E-state index contributed by atoms with van der Waals surface area (Å²) in [6, 6.07) is 11.3. The van der Waals surface area contributed by atoms with E-state index in [2.05, 4.69) is 9.71 Å². The molecule has 0 saturated carbocycles. The van der Waals surface area contributed by atoms with E-state index in [1.807, 2.05) is 12.1 Å². The number of carbonyl (C=O) groups is 1. The molecule has 0 unspecified atom stereocenters. The van der Waals surface area contributed by atoms with Crippen LogP contribution in [0.25, 0.3) is 10.6 Å². The molecule has 170 valence electrons. The summed E-state index contributed by atoms with van der Waals surface area (Å²) in [5.74, 6) is 0.667. The molecule has 0 radical (unpaired) electrons. The molecule has 2 aromatic carbocycles. The van der Waals surface area contributed by atoms with E-state index < -0.39 is 16.0 Å². The Bertz CT molecular complexity index is 1200. The quantitative estimate of drug-likeness (QED) is 0.424. The first-order valence-corrected chi connectivity index (χ1v) is 12.1. The van der Waals surface area contributed by atoms with Gasteiger partial charge in [-0.25, -0.2) is 18.1 Å². The Labute approximate surface area is 195 Å². The number of sulfonamides is 1. The molecule has 1 N–H and O–H groups in total. The van der Waals surface area contributed by atoms with Crippen molar-refractivity contribution in [1.82, 2.24) is 9.71 Å². The average molecular weight is 497 g/mol. The molecular formula is C21H21ClN2O6S2. The highest BCUT2D eigenvalue weighted by Gasteiger charge is 2.15. The molecule has 0 aliphatic carbocycles. The zero-order valence-corrected chi connectivity index (χ0v) is 19.7. The summed E-state index contributed by atoms with van der Waals surface area (Å²) in [6.45, 7) is -0.106. The van der Waals surface area contributed by atoms with Crippen LogP contribution in [-0.2, 0) is 26.2 Å². The molecule has 0 spiro atoms. The lowest BCUT2D eigenvalue weighted by atomic mass is 10.2. The number of rotatable bonds is 10. The largest absolute Gasteiger partial charge is 0.493 e. The summed E-state index contributed by atoms with van der Waals surface area (Å²) >= 11 is 7.23. The molecule has 0 aliphatic rings. The van der Waals surface area contributed by atoms with Gasteiger partial charge in [0.1, 0.15) is 11.6 Å². The van der Waals surface area contributed by atoms with Gasteiger partial charge < -0.3 is 14.2 Å². The van der Waals surface area contributed by atoms with Crippen LogP contribution in [-0.4, -0.2) is 40.1 Å². The number of thiazole rings is 1. The van der Waals surface area contributed by atoms with Crippen molar-refractivity contribution in [2.45, 2.75) is 17.9 Å². The first-order valence-electron chi connectivity index (χ1n) is 9.40. The Morgan fingerprint density at radius 3 is 2.62 bits per heavy atom. The fraction of sp³-hybridized carbons (Fsp3) is 0.238. The Hall–Kier alpha value is -2.66. The van der Waals surface area contributed by atoms with Crippen LogP contribution in [0.2, 0.25) is 5.02 Å². The van der Waals surface area contributed by atoms with Gasteiger partial charge in [0, 0.05) is 22.5 Å². The average Bonchev–Trinajstić information content (AvgIpc) is 3.26. The number of halogens is 1. The van der Waals surface area contributed by atoms with Crippen LogP contribution in [0.5, 0.6) is 11.5 Å². The molecule has 0 fully saturated rings. The number of nitrogens with zero attached hydrogens (tertiary/aromatic N) is 1. The van der Waals surface area contributed by atoms with E-state index in [4.69, 9.17) is 25.8 Å². The van der Waals surface area contributed by atoms with E-state index >= 15 is 0 Å². The van der Waals surface area contributed by atoms with Crippen molar-refractivity contribution in [2.75, 3.05) is 20.8 Å². The first-order chi connectivity index (χ1) is 15.3. The van der Waals surface area contributed by atoms with Crippen molar-refractivity contribution in [3.05, 3.63) is 58.6 Å². The number of benzene rings is 2. The van der Waals surface area contributed by atoms with Gasteiger partial charge in [0.2, 0.25) is 10.0 Å². The maximum absolute atomic E-state index is 12.2. The standard InChI is InChI=1S/C21H21ClN2O6S2/c1-28-18-7-6-14(10-19(18)29-2)21-24-16(13-31-21)12-30-20(25)8-9-23-32(26,27)17-5-3-4-15(22)11-17/h3-7,10-11,13,23H,8-9,12H2,1-2H3. The minimum Gasteiger partial charge on any atom is -0.493 e. The molecular weight excluding hydrogens is 476 g/mol. The number of nitrogens with one attached hydrogen (secondary N) is 1. The van der Waals surface area contributed by atoms with Gasteiger partial charge >= 0.3 is 5.97 Å². The number of hydrogen-bond donors (Lipinski definition) is 1. The van der Waals surface area contributed by atoms with Crippen molar-refractivity contribution in [2.24, 2.45) is 0 Å². The van der Waals surface area contributed by atoms with Crippen molar-refractivity contribution in [1.29, 1.82) is 0 Å². The van der Waals surface area contributed by atoms with Crippen LogP contribution in [0.3, 0.4) is 0 Å². The lowest BCUT2D eigenvalue weighted by molar-refractivity contribution is -0.144. The number of hydrogen-bond acceptors (Lipinski definition) is 8. The molecule has 3 rings (SSSR count). The van der Waals surface area contributed by atoms with Gasteiger partial charge in [-0.3, -0.25) is 4.79 Å². The number of methoxy groups -OCH3 is 2. The Morgan fingerprint density at radius 1 is 1.12 bits per heavy atom. The van der Waals surface area contributed by atoms with Crippen LogP contribution in [0.1, 0.15) is 12.1 Å². The number of carbonyl (C=O) groups excluding carboxylic acids is 1. The summed E-state index contributed by atoms with van der Waals surface area (Å²) < 4.78 is 42.5. The summed E-state index contributed by atoms with van der Waals surface area (Å²) in [5, 5.41) is 2.84. The molecule has 32 heavy (non-hydrogen) atoms. The highest BCUT2D eigenvalue weighted by Crippen LogP contribution is 2.33. The predicted molar refractivity (Wildman–Crippen MR) is 122 cm³/mol. The van der Waals surface area contributed by atoms with E-state index in [9.17, 15) is 13.2 Å². The van der Waals surface area contributed by atoms with E-state index in [1.165, 1.54) is 29.5 Å². The molecule has 3 aromatic rings. The maximum Gasteiger partial charge on any atom is 0.307 e. The predicted octanol–water partition coefficient (Wildman–Crippen LogP) is 3.89. The number of esters is 1. The molecule has 1 aromatic heterocycles. The van der Waals surface area contributed by atoms with Gasteiger partial charge in [0.05, 0.1) is 31.2 Å². The Kier molecular flexibility index (Phi) is 8.08. The van der Waals surface area contributed by atoms with E-state index in [0.29, 0.717) is 22.2 Å². The minimum atomic E-state index is -3.76. The zero-order chi connectivity index (χ0) is 23.1. The first kappa shape index (κ1) is 24.0. The molecule has 0 amide bonds. The van der Waals surface area contributed by atoms with Gasteiger partial charge in [-0.15, -0.1) is 11.3 Å². The summed E-state index contributed by atoms with van der Waals surface area (Å²) in [5.41, 5.74) is 1.44. The van der Waals surface area contributed by atoms with Crippen LogP contribution in [0, 0.1) is 0 Å². The highest BCUT2D eigenvalue weighted by atomic mass is 35.5. The fourth-order valence-corrected chi connectivity index (χ4v) is 4.84. The summed E-state index contributed by atoms with van der Waals surface area (Å²) in [7, 11) is -0.632. The fourth-order valence-electron chi connectivity index (χ4n) is 2.71. The lowest BCUT2D eigenvalue weighted by Gasteiger charge is -2.08. The molecule has 11 heteroatoms. The van der Waals surface area contributed by atoms with Crippen LogP contribution in [0.15, 0.2) is 52.7 Å². The molecule has 1 heterocycles. The van der Waals surface area contributed by atoms with Crippen LogP contribution < -0.4 is 14.2 Å². The third-order valence-electron chi connectivity index (χ3n) is 4.29. The molecule has 8 nitrogen and oxygen atoms in total. The second kappa shape index (κ2) is 10.8. The maximum atomic E-state index is 12.2.